The van der Waals surface area contributed by atoms with Crippen LogP contribution >= 0.6 is 0 Å². The van der Waals surface area contributed by atoms with Crippen LogP contribution in [-0.4, -0.2) is 36.2 Å². The molecule has 4 rings (SSSR count). The number of hydrogen-bond acceptors (Lipinski definition) is 6. The van der Waals surface area contributed by atoms with Crippen LogP contribution in [0.3, 0.4) is 0 Å². The number of aromatic hydroxyl groups is 1. The van der Waals surface area contributed by atoms with Gasteiger partial charge in [0.25, 0.3) is 0 Å². The Morgan fingerprint density at radius 1 is 1.14 bits per heavy atom. The number of nitrogens with zero attached hydrogens (tertiary/aromatic N) is 4. The molecule has 8 nitrogen and oxygen atoms in total. The normalized spacial score (nSPS) is 19.2. The molecule has 0 bridgehead atoms. The summed E-state index contributed by atoms with van der Waals surface area (Å²) in [5, 5.41) is 31.8. The number of nitrogens with two attached hydrogens (primary N) is 1. The van der Waals surface area contributed by atoms with E-state index in [9.17, 15) is 9.90 Å². The fourth-order valence-electron chi connectivity index (χ4n) is 3.91. The SMILES string of the molecule is Nc1nnc(-c2ccccc2O)cc1-c1cnn(CC2CCC(C(=O)O)CC2)c1. The van der Waals surface area contributed by atoms with Crippen LogP contribution in [-0.2, 0) is 11.3 Å². The average Bonchev–Trinajstić information content (AvgIpc) is 3.17. The van der Waals surface area contributed by atoms with Gasteiger partial charge in [0, 0.05) is 29.4 Å². The Bertz CT molecular complexity index is 1020. The van der Waals surface area contributed by atoms with E-state index in [4.69, 9.17) is 10.8 Å². The first-order chi connectivity index (χ1) is 14.0. The maximum Gasteiger partial charge on any atom is 0.306 e. The third-order valence-corrected chi connectivity index (χ3v) is 5.59. The lowest BCUT2D eigenvalue weighted by atomic mass is 9.82. The number of benzene rings is 1. The van der Waals surface area contributed by atoms with Crippen molar-refractivity contribution in [2.75, 3.05) is 5.73 Å². The molecule has 3 aromatic rings. The van der Waals surface area contributed by atoms with Crippen molar-refractivity contribution in [1.82, 2.24) is 20.0 Å². The maximum atomic E-state index is 11.1. The molecule has 0 unspecified atom stereocenters. The second kappa shape index (κ2) is 7.90. The Kier molecular flexibility index (Phi) is 5.16. The van der Waals surface area contributed by atoms with E-state index in [0.717, 1.165) is 37.8 Å². The number of hydrogen-bond donors (Lipinski definition) is 3. The van der Waals surface area contributed by atoms with Gasteiger partial charge in [-0.25, -0.2) is 0 Å². The summed E-state index contributed by atoms with van der Waals surface area (Å²) in [7, 11) is 0. The van der Waals surface area contributed by atoms with Gasteiger partial charge in [-0.2, -0.15) is 5.10 Å². The lowest BCUT2D eigenvalue weighted by Crippen LogP contribution is -2.23. The van der Waals surface area contributed by atoms with E-state index in [1.165, 1.54) is 0 Å². The zero-order valence-corrected chi connectivity index (χ0v) is 15.9. The molecule has 8 heteroatoms. The number of para-hydroxylation sites is 1. The molecule has 0 spiro atoms. The lowest BCUT2D eigenvalue weighted by Gasteiger charge is -2.25. The van der Waals surface area contributed by atoms with Gasteiger partial charge in [-0.05, 0) is 49.8 Å². The van der Waals surface area contributed by atoms with E-state index in [1.54, 1.807) is 30.5 Å². The molecule has 4 N–H and O–H groups in total. The Balaban J connectivity index is 1.52. The monoisotopic (exact) mass is 393 g/mol. The number of aromatic nitrogens is 4. The van der Waals surface area contributed by atoms with Gasteiger partial charge in [0.15, 0.2) is 5.82 Å². The molecule has 2 heterocycles. The first-order valence-electron chi connectivity index (χ1n) is 9.68. The number of carboxylic acids is 1. The number of carbonyl (C=O) groups is 1. The van der Waals surface area contributed by atoms with E-state index in [1.807, 2.05) is 16.9 Å². The fraction of sp³-hybridized carbons (Fsp3) is 0.333. The highest BCUT2D eigenvalue weighted by Crippen LogP contribution is 2.33. The number of aliphatic carboxylic acids is 1. The van der Waals surface area contributed by atoms with Crippen molar-refractivity contribution in [3.8, 4) is 28.1 Å². The van der Waals surface area contributed by atoms with Crippen LogP contribution in [0.4, 0.5) is 5.82 Å². The summed E-state index contributed by atoms with van der Waals surface area (Å²) >= 11 is 0. The van der Waals surface area contributed by atoms with Gasteiger partial charge < -0.3 is 15.9 Å². The zero-order chi connectivity index (χ0) is 20.4. The molecule has 1 aliphatic rings. The molecule has 0 aliphatic heterocycles. The molecule has 0 amide bonds. The fourth-order valence-corrected chi connectivity index (χ4v) is 3.91. The molecule has 1 aliphatic carbocycles. The van der Waals surface area contributed by atoms with Crippen LogP contribution in [0.1, 0.15) is 25.7 Å². The lowest BCUT2D eigenvalue weighted by molar-refractivity contribution is -0.143. The maximum absolute atomic E-state index is 11.1. The summed E-state index contributed by atoms with van der Waals surface area (Å²) in [6.07, 6.45) is 6.89. The first-order valence-corrected chi connectivity index (χ1v) is 9.68. The van der Waals surface area contributed by atoms with Crippen LogP contribution in [0.25, 0.3) is 22.4 Å². The standard InChI is InChI=1S/C21H23N5O3/c22-20-17(9-18(24-25-20)16-3-1-2-4-19(16)27)15-10-23-26(12-15)11-13-5-7-14(8-6-13)21(28)29/h1-4,9-10,12-14,27H,5-8,11H2,(H2,22,25)(H,28,29). The van der Waals surface area contributed by atoms with Crippen molar-refractivity contribution in [3.05, 3.63) is 42.7 Å². The van der Waals surface area contributed by atoms with E-state index >= 15 is 0 Å². The second-order valence-corrected chi connectivity index (χ2v) is 7.55. The van der Waals surface area contributed by atoms with Crippen molar-refractivity contribution in [2.24, 2.45) is 11.8 Å². The smallest absolute Gasteiger partial charge is 0.306 e. The summed E-state index contributed by atoms with van der Waals surface area (Å²) in [5.74, 6) is -0.0559. The molecule has 150 valence electrons. The van der Waals surface area contributed by atoms with E-state index in [2.05, 4.69) is 15.3 Å². The molecule has 2 aromatic heterocycles. The van der Waals surface area contributed by atoms with Gasteiger partial charge in [-0.1, -0.05) is 12.1 Å². The Morgan fingerprint density at radius 3 is 2.62 bits per heavy atom. The minimum Gasteiger partial charge on any atom is -0.507 e. The Labute approximate surface area is 168 Å². The van der Waals surface area contributed by atoms with Crippen molar-refractivity contribution < 1.29 is 15.0 Å². The van der Waals surface area contributed by atoms with Crippen LogP contribution in [0.5, 0.6) is 5.75 Å². The van der Waals surface area contributed by atoms with Crippen LogP contribution < -0.4 is 5.73 Å². The number of phenolic OH excluding ortho intramolecular Hbond substituents is 1. The van der Waals surface area contributed by atoms with E-state index < -0.39 is 5.97 Å². The Morgan fingerprint density at radius 2 is 1.90 bits per heavy atom. The molecular formula is C21H23N5O3. The molecule has 1 fully saturated rings. The summed E-state index contributed by atoms with van der Waals surface area (Å²) in [5.41, 5.74) is 8.70. The predicted molar refractivity (Wildman–Crippen MR) is 108 cm³/mol. The highest BCUT2D eigenvalue weighted by molar-refractivity contribution is 5.78. The minimum absolute atomic E-state index is 0.130. The topological polar surface area (TPSA) is 127 Å². The summed E-state index contributed by atoms with van der Waals surface area (Å²) in [4.78, 5) is 11.1. The molecule has 0 radical (unpaired) electrons. The number of rotatable bonds is 5. The highest BCUT2D eigenvalue weighted by atomic mass is 16.4. The quantitative estimate of drug-likeness (QED) is 0.607. The van der Waals surface area contributed by atoms with Crippen molar-refractivity contribution in [1.29, 1.82) is 0 Å². The van der Waals surface area contributed by atoms with Gasteiger partial charge in [-0.15, -0.1) is 10.2 Å². The largest absolute Gasteiger partial charge is 0.507 e. The minimum atomic E-state index is -0.689. The second-order valence-electron chi connectivity index (χ2n) is 7.55. The molecule has 1 saturated carbocycles. The van der Waals surface area contributed by atoms with Gasteiger partial charge in [0.2, 0.25) is 0 Å². The third-order valence-electron chi connectivity index (χ3n) is 5.59. The van der Waals surface area contributed by atoms with Crippen molar-refractivity contribution in [2.45, 2.75) is 32.2 Å². The number of phenols is 1. The van der Waals surface area contributed by atoms with Gasteiger partial charge >= 0.3 is 5.97 Å². The van der Waals surface area contributed by atoms with Crippen molar-refractivity contribution >= 4 is 11.8 Å². The highest BCUT2D eigenvalue weighted by Gasteiger charge is 2.26. The zero-order valence-electron chi connectivity index (χ0n) is 15.9. The predicted octanol–water partition coefficient (Wildman–Crippen LogP) is 3.19. The van der Waals surface area contributed by atoms with Crippen LogP contribution in [0.2, 0.25) is 0 Å². The summed E-state index contributed by atoms with van der Waals surface area (Å²) < 4.78 is 1.88. The Hall–Kier alpha value is -3.42. The van der Waals surface area contributed by atoms with Crippen molar-refractivity contribution in [3.63, 3.8) is 0 Å². The summed E-state index contributed by atoms with van der Waals surface area (Å²) in [6, 6.07) is 8.75. The number of anilines is 1. The van der Waals surface area contributed by atoms with E-state index in [-0.39, 0.29) is 11.7 Å². The molecule has 0 atom stereocenters. The first kappa shape index (κ1) is 18.9. The molecule has 1 aromatic carbocycles. The molecule has 29 heavy (non-hydrogen) atoms. The van der Waals surface area contributed by atoms with Crippen LogP contribution in [0, 0.1) is 11.8 Å². The molecular weight excluding hydrogens is 370 g/mol. The number of nitrogen functional groups attached to an aromatic ring is 1. The van der Waals surface area contributed by atoms with Gasteiger partial charge in [0.1, 0.15) is 5.75 Å². The van der Waals surface area contributed by atoms with E-state index in [0.29, 0.717) is 28.6 Å². The summed E-state index contributed by atoms with van der Waals surface area (Å²) in [6.45, 7) is 0.747. The number of carboxylic acid groups (broad SMARTS) is 1. The van der Waals surface area contributed by atoms with Gasteiger partial charge in [-0.3, -0.25) is 9.48 Å². The van der Waals surface area contributed by atoms with Gasteiger partial charge in [0.05, 0.1) is 17.8 Å². The van der Waals surface area contributed by atoms with Crippen LogP contribution in [0.15, 0.2) is 42.7 Å². The average molecular weight is 393 g/mol. The third kappa shape index (κ3) is 4.06. The molecule has 0 saturated heterocycles.